The van der Waals surface area contributed by atoms with Crippen LogP contribution in [-0.4, -0.2) is 32.1 Å². The van der Waals surface area contributed by atoms with E-state index in [1.165, 1.54) is 11.8 Å². The second-order valence-corrected chi connectivity index (χ2v) is 5.57. The van der Waals surface area contributed by atoms with Gasteiger partial charge in [-0.2, -0.15) is 0 Å². The molecule has 0 bridgehead atoms. The maximum Gasteiger partial charge on any atom is 0.319 e. The number of benzene rings is 1. The molecule has 6 heteroatoms. The summed E-state index contributed by atoms with van der Waals surface area (Å²) in [5.41, 5.74) is 0.948. The summed E-state index contributed by atoms with van der Waals surface area (Å²) in [7, 11) is 0. The molecule has 1 aliphatic heterocycles. The van der Waals surface area contributed by atoms with Crippen LogP contribution in [0.25, 0.3) is 5.69 Å². The van der Waals surface area contributed by atoms with Gasteiger partial charge in [0.05, 0.1) is 5.69 Å². The van der Waals surface area contributed by atoms with Crippen LogP contribution in [-0.2, 0) is 9.53 Å². The number of ether oxygens (including phenoxy) is 1. The van der Waals surface area contributed by atoms with Crippen LogP contribution in [0.1, 0.15) is 13.3 Å². The highest BCUT2D eigenvalue weighted by Gasteiger charge is 2.33. The van der Waals surface area contributed by atoms with Crippen LogP contribution in [0.15, 0.2) is 41.8 Å². The first kappa shape index (κ1) is 12.2. The van der Waals surface area contributed by atoms with Crippen molar-refractivity contribution in [2.24, 2.45) is 0 Å². The van der Waals surface area contributed by atoms with Crippen molar-refractivity contribution < 1.29 is 9.53 Å². The van der Waals surface area contributed by atoms with Crippen molar-refractivity contribution in [3.63, 3.8) is 0 Å². The largest absolute Gasteiger partial charge is 0.462 e. The number of nitrogens with zero attached hydrogens (tertiary/aromatic N) is 3. The van der Waals surface area contributed by atoms with E-state index in [4.69, 9.17) is 4.74 Å². The minimum absolute atomic E-state index is 0.0128. The third-order valence-electron chi connectivity index (χ3n) is 2.87. The Morgan fingerprint density at radius 1 is 1.37 bits per heavy atom. The first-order valence-corrected chi connectivity index (χ1v) is 6.94. The molecular weight excluding hydrogens is 262 g/mol. The standard InChI is InChI=1S/C13H13N3O2S/c1-9-7-11(12(17)18-9)19-13-14-8-16(15-13)10-5-3-2-4-6-10/h2-6,8-9,11H,7H2,1H3/t9-,11-/m0/s1. The number of cyclic esters (lactones) is 1. The number of thioether (sulfide) groups is 1. The van der Waals surface area contributed by atoms with E-state index in [1.807, 2.05) is 37.3 Å². The van der Waals surface area contributed by atoms with Crippen LogP contribution in [0.5, 0.6) is 0 Å². The van der Waals surface area contributed by atoms with Gasteiger partial charge in [0.25, 0.3) is 0 Å². The molecule has 1 aromatic carbocycles. The van der Waals surface area contributed by atoms with Gasteiger partial charge in [-0.25, -0.2) is 9.67 Å². The first-order valence-electron chi connectivity index (χ1n) is 6.06. The van der Waals surface area contributed by atoms with Gasteiger partial charge in [-0.3, -0.25) is 4.79 Å². The molecule has 0 aliphatic carbocycles. The summed E-state index contributed by atoms with van der Waals surface area (Å²) in [6, 6.07) is 9.75. The molecule has 98 valence electrons. The average Bonchev–Trinajstić information content (AvgIpc) is 2.99. The zero-order valence-electron chi connectivity index (χ0n) is 10.4. The lowest BCUT2D eigenvalue weighted by Crippen LogP contribution is -2.09. The van der Waals surface area contributed by atoms with E-state index < -0.39 is 0 Å². The Morgan fingerprint density at radius 3 is 2.84 bits per heavy atom. The zero-order valence-corrected chi connectivity index (χ0v) is 11.2. The van der Waals surface area contributed by atoms with E-state index in [-0.39, 0.29) is 17.3 Å². The predicted octanol–water partition coefficient (Wildman–Crippen LogP) is 2.06. The number of hydrogen-bond acceptors (Lipinski definition) is 5. The Hall–Kier alpha value is -1.82. The fourth-order valence-electron chi connectivity index (χ4n) is 1.95. The number of esters is 1. The Kier molecular flexibility index (Phi) is 3.25. The van der Waals surface area contributed by atoms with Crippen LogP contribution in [0, 0.1) is 0 Å². The van der Waals surface area contributed by atoms with Crippen LogP contribution >= 0.6 is 11.8 Å². The lowest BCUT2D eigenvalue weighted by atomic mass is 10.3. The smallest absolute Gasteiger partial charge is 0.319 e. The highest BCUT2D eigenvalue weighted by molar-refractivity contribution is 8.00. The van der Waals surface area contributed by atoms with Gasteiger partial charge in [0.15, 0.2) is 0 Å². The summed E-state index contributed by atoms with van der Waals surface area (Å²) < 4.78 is 6.82. The van der Waals surface area contributed by atoms with E-state index in [9.17, 15) is 4.79 Å². The van der Waals surface area contributed by atoms with Crippen LogP contribution < -0.4 is 0 Å². The van der Waals surface area contributed by atoms with Gasteiger partial charge in [0, 0.05) is 6.42 Å². The van der Waals surface area contributed by atoms with Crippen molar-refractivity contribution in [1.82, 2.24) is 14.8 Å². The SMILES string of the molecule is C[C@H]1C[C@H](Sc2ncn(-c3ccccc3)n2)C(=O)O1. The number of para-hydroxylation sites is 1. The van der Waals surface area contributed by atoms with Crippen molar-refractivity contribution in [3.05, 3.63) is 36.7 Å². The van der Waals surface area contributed by atoms with E-state index in [0.717, 1.165) is 5.69 Å². The maximum atomic E-state index is 11.6. The molecule has 19 heavy (non-hydrogen) atoms. The fourth-order valence-corrected chi connectivity index (χ4v) is 2.97. The summed E-state index contributed by atoms with van der Waals surface area (Å²) in [4.78, 5) is 15.8. The number of rotatable bonds is 3. The Labute approximate surface area is 115 Å². The monoisotopic (exact) mass is 275 g/mol. The molecule has 1 saturated heterocycles. The molecule has 3 rings (SSSR count). The zero-order chi connectivity index (χ0) is 13.2. The number of aromatic nitrogens is 3. The van der Waals surface area contributed by atoms with Gasteiger partial charge in [-0.15, -0.1) is 5.10 Å². The van der Waals surface area contributed by atoms with Gasteiger partial charge >= 0.3 is 5.97 Å². The van der Waals surface area contributed by atoms with Crippen molar-refractivity contribution >= 4 is 17.7 Å². The Balaban J connectivity index is 1.74. The highest BCUT2D eigenvalue weighted by Crippen LogP contribution is 2.30. The third-order valence-corrected chi connectivity index (χ3v) is 3.93. The van der Waals surface area contributed by atoms with Crippen molar-refractivity contribution in [1.29, 1.82) is 0 Å². The van der Waals surface area contributed by atoms with E-state index in [2.05, 4.69) is 10.1 Å². The quantitative estimate of drug-likeness (QED) is 0.803. The molecular formula is C13H13N3O2S. The molecule has 0 amide bonds. The van der Waals surface area contributed by atoms with Gasteiger partial charge in [0.2, 0.25) is 5.16 Å². The summed E-state index contributed by atoms with van der Waals surface area (Å²) in [6.07, 6.45) is 2.35. The summed E-state index contributed by atoms with van der Waals surface area (Å²) in [6.45, 7) is 1.90. The molecule has 1 aliphatic rings. The minimum atomic E-state index is -0.193. The molecule has 1 aromatic heterocycles. The molecule has 0 N–H and O–H groups in total. The van der Waals surface area contributed by atoms with Crippen molar-refractivity contribution in [2.45, 2.75) is 29.9 Å². The summed E-state index contributed by atoms with van der Waals surface area (Å²) >= 11 is 1.36. The van der Waals surface area contributed by atoms with Crippen molar-refractivity contribution in [3.8, 4) is 5.69 Å². The van der Waals surface area contributed by atoms with E-state index in [1.54, 1.807) is 11.0 Å². The summed E-state index contributed by atoms with van der Waals surface area (Å²) in [5.74, 6) is -0.173. The molecule has 2 heterocycles. The molecule has 1 fully saturated rings. The summed E-state index contributed by atoms with van der Waals surface area (Å²) in [5, 5.41) is 4.77. The van der Waals surface area contributed by atoms with Gasteiger partial charge in [-0.05, 0) is 19.1 Å². The second-order valence-electron chi connectivity index (χ2n) is 4.40. The topological polar surface area (TPSA) is 57.0 Å². The minimum Gasteiger partial charge on any atom is -0.462 e. The lowest BCUT2D eigenvalue weighted by molar-refractivity contribution is -0.140. The second kappa shape index (κ2) is 5.05. The normalized spacial score (nSPS) is 22.5. The number of hydrogen-bond donors (Lipinski definition) is 0. The predicted molar refractivity (Wildman–Crippen MR) is 71.2 cm³/mol. The maximum absolute atomic E-state index is 11.6. The van der Waals surface area contributed by atoms with Crippen molar-refractivity contribution in [2.75, 3.05) is 0 Å². The van der Waals surface area contributed by atoms with Gasteiger partial charge in [0.1, 0.15) is 17.7 Å². The van der Waals surface area contributed by atoms with E-state index >= 15 is 0 Å². The van der Waals surface area contributed by atoms with Crippen LogP contribution in [0.2, 0.25) is 0 Å². The van der Waals surface area contributed by atoms with Gasteiger partial charge < -0.3 is 4.74 Å². The molecule has 2 aromatic rings. The molecule has 5 nitrogen and oxygen atoms in total. The molecule has 0 radical (unpaired) electrons. The average molecular weight is 275 g/mol. The van der Waals surface area contributed by atoms with Crippen LogP contribution in [0.4, 0.5) is 0 Å². The van der Waals surface area contributed by atoms with Gasteiger partial charge in [-0.1, -0.05) is 30.0 Å². The number of carbonyl (C=O) groups is 1. The molecule has 0 spiro atoms. The highest BCUT2D eigenvalue weighted by atomic mass is 32.2. The third kappa shape index (κ3) is 2.63. The lowest BCUT2D eigenvalue weighted by Gasteiger charge is -2.00. The first-order chi connectivity index (χ1) is 9.22. The Bertz CT molecular complexity index is 585. The fraction of sp³-hybridized carbons (Fsp3) is 0.308. The van der Waals surface area contributed by atoms with Crippen LogP contribution in [0.3, 0.4) is 0 Å². The van der Waals surface area contributed by atoms with E-state index in [0.29, 0.717) is 11.6 Å². The Morgan fingerprint density at radius 2 is 2.16 bits per heavy atom. The molecule has 0 saturated carbocycles. The molecule has 0 unspecified atom stereocenters. The number of carbonyl (C=O) groups excluding carboxylic acids is 1. The molecule has 2 atom stereocenters.